The van der Waals surface area contributed by atoms with Crippen molar-refractivity contribution >= 4 is 23.5 Å². The third kappa shape index (κ3) is 4.97. The number of likely N-dealkylation sites (tertiary alicyclic amines) is 1. The number of amides is 2. The van der Waals surface area contributed by atoms with Crippen LogP contribution in [0.1, 0.15) is 31.4 Å². The Labute approximate surface area is 170 Å². The molecule has 30 heavy (non-hydrogen) atoms. The van der Waals surface area contributed by atoms with E-state index >= 15 is 0 Å². The molecule has 1 aromatic heterocycles. The molecule has 11 heteroatoms. The van der Waals surface area contributed by atoms with Crippen molar-refractivity contribution in [3.63, 3.8) is 0 Å². The SMILES string of the molecule is C[C@H]1CC[C@H](c2ccc(F)cc2)N(C(=O)C(=O)Nc2cnc(N)[n+](OC(F)F)c2)C1. The number of nitrogens with two attached hydrogens (primary N) is 1. The van der Waals surface area contributed by atoms with E-state index in [1.807, 2.05) is 6.92 Å². The number of anilines is 2. The van der Waals surface area contributed by atoms with Crippen LogP contribution < -0.4 is 20.6 Å². The Hall–Kier alpha value is -3.37. The molecule has 2 heterocycles. The molecule has 1 saturated heterocycles. The van der Waals surface area contributed by atoms with Gasteiger partial charge in [-0.2, -0.15) is 8.78 Å². The molecule has 2 amide bonds. The highest BCUT2D eigenvalue weighted by molar-refractivity contribution is 6.39. The van der Waals surface area contributed by atoms with Gasteiger partial charge in [-0.25, -0.2) is 4.39 Å². The fourth-order valence-corrected chi connectivity index (χ4v) is 3.38. The van der Waals surface area contributed by atoms with Gasteiger partial charge < -0.3 is 10.2 Å². The molecule has 0 saturated carbocycles. The summed E-state index contributed by atoms with van der Waals surface area (Å²) in [5.74, 6) is -2.34. The highest BCUT2D eigenvalue weighted by atomic mass is 19.3. The van der Waals surface area contributed by atoms with E-state index < -0.39 is 24.2 Å². The topological polar surface area (TPSA) is 101 Å². The summed E-state index contributed by atoms with van der Waals surface area (Å²) in [5, 5.41) is 2.32. The van der Waals surface area contributed by atoms with Crippen molar-refractivity contribution in [2.45, 2.75) is 32.4 Å². The van der Waals surface area contributed by atoms with Gasteiger partial charge in [-0.1, -0.05) is 24.0 Å². The molecule has 0 unspecified atom stereocenters. The van der Waals surface area contributed by atoms with Crippen LogP contribution in [0.25, 0.3) is 0 Å². The first-order valence-electron chi connectivity index (χ1n) is 9.24. The Kier molecular flexibility index (Phi) is 6.38. The zero-order valence-corrected chi connectivity index (χ0v) is 16.1. The van der Waals surface area contributed by atoms with Crippen molar-refractivity contribution in [2.24, 2.45) is 5.92 Å². The highest BCUT2D eigenvalue weighted by Gasteiger charge is 2.34. The van der Waals surface area contributed by atoms with Crippen LogP contribution in [0.4, 0.5) is 24.8 Å². The number of aromatic nitrogens is 2. The number of hydrogen-bond donors (Lipinski definition) is 2. The Morgan fingerprint density at radius 3 is 2.67 bits per heavy atom. The van der Waals surface area contributed by atoms with E-state index in [1.54, 1.807) is 12.1 Å². The quantitative estimate of drug-likeness (QED) is 0.575. The lowest BCUT2D eigenvalue weighted by Gasteiger charge is -2.38. The van der Waals surface area contributed by atoms with Crippen LogP contribution in [-0.4, -0.2) is 34.9 Å². The minimum atomic E-state index is -3.15. The lowest BCUT2D eigenvalue weighted by molar-refractivity contribution is -0.899. The molecule has 2 aromatic rings. The molecule has 0 aliphatic carbocycles. The molecular weight excluding hydrogens is 403 g/mol. The second-order valence-electron chi connectivity index (χ2n) is 7.05. The summed E-state index contributed by atoms with van der Waals surface area (Å²) in [6, 6.07) is 5.40. The number of piperidine rings is 1. The first-order valence-corrected chi connectivity index (χ1v) is 9.24. The zero-order chi connectivity index (χ0) is 21.8. The van der Waals surface area contributed by atoms with Crippen molar-refractivity contribution in [1.29, 1.82) is 0 Å². The molecule has 2 atom stereocenters. The molecule has 8 nitrogen and oxygen atoms in total. The van der Waals surface area contributed by atoms with Gasteiger partial charge in [-0.15, -0.1) is 0 Å². The van der Waals surface area contributed by atoms with Gasteiger partial charge in [0.05, 0.1) is 6.04 Å². The summed E-state index contributed by atoms with van der Waals surface area (Å²) in [4.78, 5) is 34.7. The molecular formula is C19H21F3N5O3+. The third-order valence-electron chi connectivity index (χ3n) is 4.80. The monoisotopic (exact) mass is 424 g/mol. The van der Waals surface area contributed by atoms with Gasteiger partial charge in [-0.05, 0) is 41.2 Å². The molecule has 160 valence electrons. The Morgan fingerprint density at radius 1 is 1.30 bits per heavy atom. The minimum Gasteiger partial charge on any atom is -0.327 e. The standard InChI is InChI=1S/C19H20F3N5O3/c1-11-2-7-15(12-3-5-13(20)6-4-12)26(9-11)17(29)16(28)25-14-8-24-19(23)27(10-14)30-18(21)22/h3-6,8,10-11,15,18,23H,2,7,9H2,1H3,(H,25,28)/p+1/t11-,15+/m0/s1. The van der Waals surface area contributed by atoms with Crippen molar-refractivity contribution in [1.82, 2.24) is 9.88 Å². The predicted molar refractivity (Wildman–Crippen MR) is 99.3 cm³/mol. The van der Waals surface area contributed by atoms with E-state index in [9.17, 15) is 22.8 Å². The van der Waals surface area contributed by atoms with Crippen molar-refractivity contribution in [2.75, 3.05) is 17.6 Å². The molecule has 0 radical (unpaired) electrons. The number of nitrogens with one attached hydrogen (secondary N) is 1. The maximum Gasteiger partial charge on any atom is 0.426 e. The molecule has 1 aliphatic heterocycles. The highest BCUT2D eigenvalue weighted by Crippen LogP contribution is 2.33. The van der Waals surface area contributed by atoms with Gasteiger partial charge in [0.25, 0.3) is 0 Å². The number of rotatable bonds is 4. The number of hydrogen-bond acceptors (Lipinski definition) is 5. The van der Waals surface area contributed by atoms with E-state index in [0.717, 1.165) is 24.4 Å². The summed E-state index contributed by atoms with van der Waals surface area (Å²) >= 11 is 0. The van der Waals surface area contributed by atoms with E-state index in [-0.39, 0.29) is 23.6 Å². The normalized spacial score (nSPS) is 18.9. The van der Waals surface area contributed by atoms with Crippen molar-refractivity contribution in [3.05, 3.63) is 48.0 Å². The Bertz CT molecular complexity index is 926. The van der Waals surface area contributed by atoms with Gasteiger partial charge in [0.1, 0.15) is 23.9 Å². The Balaban J connectivity index is 1.77. The second kappa shape index (κ2) is 8.97. The van der Waals surface area contributed by atoms with Crippen LogP contribution in [0.3, 0.4) is 0 Å². The summed E-state index contributed by atoms with van der Waals surface area (Å²) in [6.45, 7) is -0.839. The summed E-state index contributed by atoms with van der Waals surface area (Å²) in [5.41, 5.74) is 6.11. The van der Waals surface area contributed by atoms with Gasteiger partial charge in [0.15, 0.2) is 0 Å². The molecule has 3 N–H and O–H groups in total. The average molecular weight is 424 g/mol. The lowest BCUT2D eigenvalue weighted by Crippen LogP contribution is -2.49. The molecule has 1 aromatic carbocycles. The van der Waals surface area contributed by atoms with Crippen molar-refractivity contribution in [3.8, 4) is 0 Å². The number of carbonyl (C=O) groups is 2. The number of nitrogens with zero attached hydrogens (tertiary/aromatic N) is 3. The second-order valence-corrected chi connectivity index (χ2v) is 7.05. The summed E-state index contributed by atoms with van der Waals surface area (Å²) < 4.78 is 38.6. The molecule has 3 rings (SSSR count). The number of benzene rings is 1. The van der Waals surface area contributed by atoms with E-state index in [1.165, 1.54) is 17.0 Å². The summed E-state index contributed by atoms with van der Waals surface area (Å²) in [7, 11) is 0. The summed E-state index contributed by atoms with van der Waals surface area (Å²) in [6.07, 6.45) is 3.57. The molecule has 0 spiro atoms. The maximum absolute atomic E-state index is 13.3. The number of nitrogen functional groups attached to an aromatic ring is 1. The van der Waals surface area contributed by atoms with Crippen LogP contribution in [-0.2, 0) is 9.59 Å². The first kappa shape index (κ1) is 21.3. The minimum absolute atomic E-state index is 0.0495. The van der Waals surface area contributed by atoms with Crippen LogP contribution in [0.15, 0.2) is 36.7 Å². The van der Waals surface area contributed by atoms with E-state index in [4.69, 9.17) is 5.73 Å². The fourth-order valence-electron chi connectivity index (χ4n) is 3.38. The van der Waals surface area contributed by atoms with Gasteiger partial charge in [0.2, 0.25) is 0 Å². The largest absolute Gasteiger partial charge is 0.426 e. The van der Waals surface area contributed by atoms with Crippen LogP contribution in [0.5, 0.6) is 0 Å². The van der Waals surface area contributed by atoms with Crippen LogP contribution >= 0.6 is 0 Å². The fraction of sp³-hybridized carbons (Fsp3) is 0.368. The van der Waals surface area contributed by atoms with Gasteiger partial charge in [-0.3, -0.25) is 20.2 Å². The van der Waals surface area contributed by atoms with E-state index in [0.29, 0.717) is 17.7 Å². The molecule has 0 bridgehead atoms. The first-order chi connectivity index (χ1) is 14.2. The number of carbonyl (C=O) groups excluding carboxylic acids is 2. The molecule has 1 aliphatic rings. The van der Waals surface area contributed by atoms with E-state index in [2.05, 4.69) is 15.1 Å². The van der Waals surface area contributed by atoms with Gasteiger partial charge >= 0.3 is 24.4 Å². The average Bonchev–Trinajstić information content (AvgIpc) is 2.70. The lowest BCUT2D eigenvalue weighted by atomic mass is 9.90. The van der Waals surface area contributed by atoms with Crippen molar-refractivity contribution < 1.29 is 32.3 Å². The number of halogens is 3. The van der Waals surface area contributed by atoms with Gasteiger partial charge in [0, 0.05) is 6.54 Å². The smallest absolute Gasteiger partial charge is 0.327 e. The van der Waals surface area contributed by atoms with Crippen LogP contribution in [0.2, 0.25) is 0 Å². The maximum atomic E-state index is 13.3. The zero-order valence-electron chi connectivity index (χ0n) is 16.1. The Morgan fingerprint density at radius 2 is 2.00 bits per heavy atom. The van der Waals surface area contributed by atoms with Crippen LogP contribution in [0, 0.1) is 11.7 Å². The predicted octanol–water partition coefficient (Wildman–Crippen LogP) is 1.68. The number of alkyl halides is 2. The molecule has 1 fully saturated rings. The third-order valence-corrected chi connectivity index (χ3v) is 4.80.